The fourth-order valence-corrected chi connectivity index (χ4v) is 0.805. The summed E-state index contributed by atoms with van der Waals surface area (Å²) >= 11 is 0. The molecule has 0 aliphatic rings. The van der Waals surface area contributed by atoms with Crippen molar-refractivity contribution in [3.8, 4) is 5.75 Å². The molecule has 49 valence electrons. The van der Waals surface area contributed by atoms with E-state index in [1.807, 2.05) is 6.07 Å². The maximum absolute atomic E-state index is 9.13. The first-order chi connectivity index (χ1) is 4.84. The van der Waals surface area contributed by atoms with Crippen molar-refractivity contribution in [2.75, 3.05) is 0 Å². The van der Waals surface area contributed by atoms with Crippen LogP contribution in [0, 0.1) is 0 Å². The second kappa shape index (κ2) is 3.17. The molecule has 10 heavy (non-hydrogen) atoms. The van der Waals surface area contributed by atoms with Crippen LogP contribution in [0.25, 0.3) is 0 Å². The van der Waals surface area contributed by atoms with Crippen molar-refractivity contribution in [3.05, 3.63) is 29.8 Å². The predicted molar refractivity (Wildman–Crippen MR) is 41.5 cm³/mol. The molecule has 0 saturated carbocycles. The lowest BCUT2D eigenvalue weighted by atomic mass is 10.2. The summed E-state index contributed by atoms with van der Waals surface area (Å²) in [4.78, 5) is 0. The van der Waals surface area contributed by atoms with Gasteiger partial charge in [-0.1, -0.05) is 12.1 Å². The molecule has 0 bridgehead atoms. The van der Waals surface area contributed by atoms with Crippen LogP contribution in [-0.2, 0) is 0 Å². The molecule has 3 radical (unpaired) electrons. The van der Waals surface area contributed by atoms with Gasteiger partial charge in [0.2, 0.25) is 10.4 Å². The predicted octanol–water partition coefficient (Wildman–Crippen LogP) is 0.895. The molecule has 0 heterocycles. The minimum absolute atomic E-state index is 0.240. The Kier molecular flexibility index (Phi) is 2.23. The molecule has 0 amide bonds. The molecular weight excluding hydrogens is 142 g/mol. The highest BCUT2D eigenvalue weighted by molar-refractivity contribution is 6.11. The van der Waals surface area contributed by atoms with E-state index in [-0.39, 0.29) is 5.75 Å². The fraction of sp³-hybridized carbons (Fsp3) is 0. The zero-order chi connectivity index (χ0) is 7.40. The molecule has 1 N–H and O–H groups in total. The average molecular weight is 148 g/mol. The van der Waals surface area contributed by atoms with Gasteiger partial charge in [-0.3, -0.25) is 0 Å². The Morgan fingerprint density at radius 3 is 2.70 bits per heavy atom. The molecule has 0 unspecified atom stereocenters. The van der Waals surface area contributed by atoms with E-state index in [1.54, 1.807) is 18.2 Å². The Bertz CT molecular complexity index is 247. The Hall–Kier alpha value is -1.09. The number of phenolic OH excluding ortho intramolecular Hbond substituents is 1. The van der Waals surface area contributed by atoms with Crippen LogP contribution >= 0.6 is 0 Å². The van der Waals surface area contributed by atoms with Crippen LogP contribution in [0.3, 0.4) is 0 Å². The largest absolute Gasteiger partial charge is 0.507 e. The number of benzene rings is 1. The van der Waals surface area contributed by atoms with Gasteiger partial charge < -0.3 is 9.76 Å². The molecular formula is C7H6NOSi. The summed E-state index contributed by atoms with van der Waals surface area (Å²) in [5.74, 6) is 0.240. The molecule has 0 spiro atoms. The maximum atomic E-state index is 9.13. The van der Waals surface area contributed by atoms with Gasteiger partial charge in [0, 0.05) is 11.8 Å². The number of nitrogens with zero attached hydrogens (tertiary/aromatic N) is 1. The van der Waals surface area contributed by atoms with Gasteiger partial charge in [0.15, 0.2) is 0 Å². The lowest BCUT2D eigenvalue weighted by Crippen LogP contribution is -1.79. The molecule has 2 nitrogen and oxygen atoms in total. The van der Waals surface area contributed by atoms with Gasteiger partial charge in [-0.2, -0.15) is 0 Å². The lowest BCUT2D eigenvalue weighted by Gasteiger charge is -1.94. The van der Waals surface area contributed by atoms with Crippen LogP contribution in [0.4, 0.5) is 0 Å². The molecule has 3 heteroatoms. The Labute approximate surface area is 62.7 Å². The third-order valence-corrected chi connectivity index (χ3v) is 1.27. The first-order valence-electron chi connectivity index (χ1n) is 2.82. The third-order valence-electron chi connectivity index (χ3n) is 1.14. The van der Waals surface area contributed by atoms with E-state index in [2.05, 4.69) is 15.1 Å². The van der Waals surface area contributed by atoms with E-state index in [1.165, 1.54) is 6.21 Å². The molecule has 0 aliphatic carbocycles. The average Bonchev–Trinajstić information content (AvgIpc) is 1.94. The summed E-state index contributed by atoms with van der Waals surface area (Å²) in [6.07, 6.45) is 1.53. The molecule has 1 rings (SSSR count). The third kappa shape index (κ3) is 1.45. The van der Waals surface area contributed by atoms with E-state index in [4.69, 9.17) is 5.11 Å². The number of rotatable bonds is 1. The Morgan fingerprint density at radius 1 is 1.40 bits per heavy atom. The molecule has 0 aliphatic heterocycles. The van der Waals surface area contributed by atoms with Crippen LogP contribution in [0.2, 0.25) is 0 Å². The van der Waals surface area contributed by atoms with Crippen LogP contribution < -0.4 is 0 Å². The summed E-state index contributed by atoms with van der Waals surface area (Å²) in [5, 5.41) is 9.13. The van der Waals surface area contributed by atoms with Crippen molar-refractivity contribution >= 4 is 16.6 Å². The summed E-state index contributed by atoms with van der Waals surface area (Å²) in [6, 6.07) is 6.99. The van der Waals surface area contributed by atoms with E-state index in [0.717, 1.165) is 0 Å². The van der Waals surface area contributed by atoms with Crippen LogP contribution in [-0.4, -0.2) is 21.7 Å². The van der Waals surface area contributed by atoms with Crippen molar-refractivity contribution in [2.45, 2.75) is 0 Å². The maximum Gasteiger partial charge on any atom is 0.221 e. The molecule has 0 saturated heterocycles. The van der Waals surface area contributed by atoms with E-state index in [0.29, 0.717) is 5.56 Å². The molecule has 1 aromatic carbocycles. The van der Waals surface area contributed by atoms with E-state index < -0.39 is 0 Å². The van der Waals surface area contributed by atoms with E-state index in [9.17, 15) is 0 Å². The van der Waals surface area contributed by atoms with Crippen LogP contribution in [0.15, 0.2) is 28.9 Å². The first-order valence-corrected chi connectivity index (χ1v) is 3.27. The van der Waals surface area contributed by atoms with Gasteiger partial charge in [0.05, 0.1) is 0 Å². The van der Waals surface area contributed by atoms with Gasteiger partial charge in [0.25, 0.3) is 0 Å². The van der Waals surface area contributed by atoms with Gasteiger partial charge in [-0.15, -0.1) is 0 Å². The lowest BCUT2D eigenvalue weighted by molar-refractivity contribution is 0.474. The Morgan fingerprint density at radius 2 is 2.10 bits per heavy atom. The van der Waals surface area contributed by atoms with Crippen molar-refractivity contribution in [3.63, 3.8) is 0 Å². The van der Waals surface area contributed by atoms with Crippen molar-refractivity contribution in [1.29, 1.82) is 0 Å². The highest BCUT2D eigenvalue weighted by Crippen LogP contribution is 2.12. The molecule has 1 aromatic rings. The minimum atomic E-state index is 0.240. The summed E-state index contributed by atoms with van der Waals surface area (Å²) in [6.45, 7) is 0. The normalized spacial score (nSPS) is 10.5. The Balaban J connectivity index is 3.03. The highest BCUT2D eigenvalue weighted by atomic mass is 28.2. The van der Waals surface area contributed by atoms with Crippen molar-refractivity contribution < 1.29 is 5.11 Å². The summed E-state index contributed by atoms with van der Waals surface area (Å²) in [7, 11) is 2.92. The van der Waals surface area contributed by atoms with Gasteiger partial charge in [-0.25, -0.2) is 0 Å². The van der Waals surface area contributed by atoms with Gasteiger partial charge in [-0.05, 0) is 12.1 Å². The SMILES string of the molecule is Oc1ccccc1/C=N/[Si]. The topological polar surface area (TPSA) is 32.6 Å². The van der Waals surface area contributed by atoms with Crippen molar-refractivity contribution in [1.82, 2.24) is 0 Å². The van der Waals surface area contributed by atoms with Crippen LogP contribution in [0.1, 0.15) is 5.56 Å². The minimum Gasteiger partial charge on any atom is -0.507 e. The number of hydrogen-bond donors (Lipinski definition) is 1. The fourth-order valence-electron chi connectivity index (χ4n) is 0.666. The molecule has 0 atom stereocenters. The quantitative estimate of drug-likeness (QED) is 0.465. The summed E-state index contributed by atoms with van der Waals surface area (Å²) in [5.41, 5.74) is 0.706. The van der Waals surface area contributed by atoms with Crippen LogP contribution in [0.5, 0.6) is 5.75 Å². The van der Waals surface area contributed by atoms with Crippen molar-refractivity contribution in [2.24, 2.45) is 4.66 Å². The number of para-hydroxylation sites is 1. The second-order valence-corrected chi connectivity index (χ2v) is 2.08. The zero-order valence-electron chi connectivity index (χ0n) is 5.28. The first kappa shape index (κ1) is 7.02. The van der Waals surface area contributed by atoms with Gasteiger partial charge in [0.1, 0.15) is 5.75 Å². The molecule has 0 fully saturated rings. The second-order valence-electron chi connectivity index (χ2n) is 1.82. The number of phenols is 1. The summed E-state index contributed by atoms with van der Waals surface area (Å²) < 4.78 is 3.59. The standard InChI is InChI=1S/C7H6NOSi/c9-7-4-2-1-3-6(7)5-8-10/h1-5,9H/b8-5+. The number of aromatic hydroxyl groups is 1. The highest BCUT2D eigenvalue weighted by Gasteiger charge is 1.91. The van der Waals surface area contributed by atoms with E-state index >= 15 is 0 Å². The number of hydrogen-bond acceptors (Lipinski definition) is 2. The monoisotopic (exact) mass is 148 g/mol. The molecule has 0 aromatic heterocycles. The smallest absolute Gasteiger partial charge is 0.221 e. The van der Waals surface area contributed by atoms with Gasteiger partial charge >= 0.3 is 0 Å². The zero-order valence-corrected chi connectivity index (χ0v) is 6.28.